The molecule has 3 rings (SSSR count). The molecule has 0 atom stereocenters. The highest BCUT2D eigenvalue weighted by molar-refractivity contribution is 5.63. The molecular formula is C18H28N2O. The minimum absolute atomic E-state index is 0.160. The lowest BCUT2D eigenvalue weighted by Crippen LogP contribution is -2.67. The van der Waals surface area contributed by atoms with Crippen molar-refractivity contribution in [1.29, 1.82) is 0 Å². The van der Waals surface area contributed by atoms with E-state index in [-0.39, 0.29) is 5.41 Å². The second-order valence-corrected chi connectivity index (χ2v) is 7.74. The van der Waals surface area contributed by atoms with Crippen LogP contribution in [-0.2, 0) is 5.41 Å². The highest BCUT2D eigenvalue weighted by atomic mass is 16.5. The van der Waals surface area contributed by atoms with E-state index in [0.29, 0.717) is 5.54 Å². The molecule has 0 unspecified atom stereocenters. The molecule has 1 aromatic rings. The van der Waals surface area contributed by atoms with Crippen LogP contribution in [0.3, 0.4) is 0 Å². The molecule has 2 saturated heterocycles. The van der Waals surface area contributed by atoms with E-state index < -0.39 is 0 Å². The maximum atomic E-state index is 5.66. The van der Waals surface area contributed by atoms with E-state index in [0.717, 1.165) is 18.8 Å². The van der Waals surface area contributed by atoms with Crippen molar-refractivity contribution in [1.82, 2.24) is 4.90 Å². The van der Waals surface area contributed by atoms with Crippen molar-refractivity contribution >= 4 is 5.69 Å². The Labute approximate surface area is 128 Å². The van der Waals surface area contributed by atoms with Gasteiger partial charge in [0.25, 0.3) is 0 Å². The zero-order chi connectivity index (χ0) is 15.3. The molecule has 3 heteroatoms. The van der Waals surface area contributed by atoms with Gasteiger partial charge in [-0.15, -0.1) is 0 Å². The average Bonchev–Trinajstić information content (AvgIpc) is 2.77. The summed E-state index contributed by atoms with van der Waals surface area (Å²) in [6, 6.07) is 6.70. The first kappa shape index (κ1) is 14.7. The molecule has 0 aromatic heterocycles. The van der Waals surface area contributed by atoms with Gasteiger partial charge in [-0.25, -0.2) is 0 Å². The van der Waals surface area contributed by atoms with Gasteiger partial charge >= 0.3 is 0 Å². The van der Waals surface area contributed by atoms with Gasteiger partial charge in [0.1, 0.15) is 5.75 Å². The molecule has 116 valence electrons. The normalized spacial score (nSPS) is 21.7. The van der Waals surface area contributed by atoms with Crippen LogP contribution in [0.25, 0.3) is 0 Å². The zero-order valence-electron chi connectivity index (χ0n) is 14.1. The Morgan fingerprint density at radius 1 is 1.19 bits per heavy atom. The highest BCUT2D eigenvalue weighted by Crippen LogP contribution is 2.42. The first-order valence-electron chi connectivity index (χ1n) is 8.00. The summed E-state index contributed by atoms with van der Waals surface area (Å²) in [5.74, 6) is 1.01. The molecule has 1 aromatic carbocycles. The van der Waals surface area contributed by atoms with Gasteiger partial charge in [-0.3, -0.25) is 4.90 Å². The third-order valence-electron chi connectivity index (χ3n) is 5.30. The summed E-state index contributed by atoms with van der Waals surface area (Å²) < 4.78 is 5.66. The summed E-state index contributed by atoms with van der Waals surface area (Å²) in [5.41, 5.74) is 3.16. The van der Waals surface area contributed by atoms with Crippen molar-refractivity contribution in [3.63, 3.8) is 0 Å². The fraction of sp³-hybridized carbons (Fsp3) is 0.667. The number of benzene rings is 1. The number of likely N-dealkylation sites (N-methyl/N-ethyl adjacent to an activating group) is 1. The summed E-state index contributed by atoms with van der Waals surface area (Å²) in [6.07, 6.45) is 2.67. The van der Waals surface area contributed by atoms with Gasteiger partial charge in [0.05, 0.1) is 18.3 Å². The van der Waals surface area contributed by atoms with Crippen LogP contribution in [0.4, 0.5) is 5.69 Å². The lowest BCUT2D eigenvalue weighted by molar-refractivity contribution is 0.132. The van der Waals surface area contributed by atoms with Gasteiger partial charge in [-0.2, -0.15) is 0 Å². The third-order valence-corrected chi connectivity index (χ3v) is 5.30. The van der Waals surface area contributed by atoms with Gasteiger partial charge < -0.3 is 9.64 Å². The Balaban J connectivity index is 1.81. The maximum Gasteiger partial charge on any atom is 0.142 e. The number of rotatable bonds is 2. The largest absolute Gasteiger partial charge is 0.495 e. The maximum absolute atomic E-state index is 5.66. The molecule has 0 bridgehead atoms. The van der Waals surface area contributed by atoms with E-state index in [2.05, 4.69) is 55.8 Å². The van der Waals surface area contributed by atoms with E-state index in [4.69, 9.17) is 4.74 Å². The van der Waals surface area contributed by atoms with Gasteiger partial charge in [0.2, 0.25) is 0 Å². The highest BCUT2D eigenvalue weighted by Gasteiger charge is 2.49. The molecule has 2 aliphatic rings. The predicted molar refractivity (Wildman–Crippen MR) is 88.5 cm³/mol. The number of ether oxygens (including phenoxy) is 1. The van der Waals surface area contributed by atoms with Crippen molar-refractivity contribution in [2.45, 2.75) is 44.6 Å². The molecule has 2 heterocycles. The fourth-order valence-corrected chi connectivity index (χ4v) is 3.71. The van der Waals surface area contributed by atoms with Crippen LogP contribution >= 0.6 is 0 Å². The van der Waals surface area contributed by atoms with Crippen LogP contribution < -0.4 is 9.64 Å². The Morgan fingerprint density at radius 2 is 1.90 bits per heavy atom. The van der Waals surface area contributed by atoms with Crippen molar-refractivity contribution in [2.75, 3.05) is 38.7 Å². The zero-order valence-corrected chi connectivity index (χ0v) is 14.1. The first-order valence-corrected chi connectivity index (χ1v) is 8.00. The number of anilines is 1. The molecule has 3 nitrogen and oxygen atoms in total. The molecule has 2 fully saturated rings. The van der Waals surface area contributed by atoms with Crippen LogP contribution in [-0.4, -0.2) is 44.2 Å². The number of hydrogen-bond acceptors (Lipinski definition) is 3. The first-order chi connectivity index (χ1) is 9.86. The molecule has 0 saturated carbocycles. The molecule has 1 spiro atoms. The van der Waals surface area contributed by atoms with Gasteiger partial charge in [0, 0.05) is 13.1 Å². The molecule has 0 radical (unpaired) electrons. The van der Waals surface area contributed by atoms with Gasteiger partial charge in [-0.1, -0.05) is 26.8 Å². The van der Waals surface area contributed by atoms with Crippen molar-refractivity contribution < 1.29 is 4.74 Å². The van der Waals surface area contributed by atoms with Crippen molar-refractivity contribution in [3.8, 4) is 5.75 Å². The molecule has 0 amide bonds. The van der Waals surface area contributed by atoms with Crippen LogP contribution in [0.15, 0.2) is 18.2 Å². The Morgan fingerprint density at radius 3 is 2.43 bits per heavy atom. The lowest BCUT2D eigenvalue weighted by atomic mass is 9.84. The number of methoxy groups -OCH3 is 1. The summed E-state index contributed by atoms with van der Waals surface area (Å²) >= 11 is 0. The summed E-state index contributed by atoms with van der Waals surface area (Å²) in [4.78, 5) is 5.01. The molecule has 2 aliphatic heterocycles. The number of likely N-dealkylation sites (tertiary alicyclic amines) is 1. The SMILES string of the molecule is COc1cc(C(C)(C)C)ccc1N1CC2(CCCN2C)C1. The Kier molecular flexibility index (Phi) is 3.44. The second-order valence-electron chi connectivity index (χ2n) is 7.74. The van der Waals surface area contributed by atoms with Crippen LogP contribution in [0.5, 0.6) is 5.75 Å². The number of nitrogens with zero attached hydrogens (tertiary/aromatic N) is 2. The monoisotopic (exact) mass is 288 g/mol. The van der Waals surface area contributed by atoms with Crippen LogP contribution in [0.2, 0.25) is 0 Å². The minimum atomic E-state index is 0.160. The van der Waals surface area contributed by atoms with E-state index in [1.165, 1.54) is 30.6 Å². The van der Waals surface area contributed by atoms with Gasteiger partial charge in [0.15, 0.2) is 0 Å². The smallest absolute Gasteiger partial charge is 0.142 e. The summed E-state index contributed by atoms with van der Waals surface area (Å²) in [5, 5.41) is 0. The van der Waals surface area contributed by atoms with E-state index in [1.54, 1.807) is 7.11 Å². The average molecular weight is 288 g/mol. The Hall–Kier alpha value is -1.22. The topological polar surface area (TPSA) is 15.7 Å². The van der Waals surface area contributed by atoms with E-state index in [9.17, 15) is 0 Å². The summed E-state index contributed by atoms with van der Waals surface area (Å²) in [7, 11) is 4.05. The van der Waals surface area contributed by atoms with Crippen molar-refractivity contribution in [2.24, 2.45) is 0 Å². The minimum Gasteiger partial charge on any atom is -0.495 e. The van der Waals surface area contributed by atoms with E-state index >= 15 is 0 Å². The second kappa shape index (κ2) is 4.91. The van der Waals surface area contributed by atoms with Crippen molar-refractivity contribution in [3.05, 3.63) is 23.8 Å². The van der Waals surface area contributed by atoms with Crippen LogP contribution in [0, 0.1) is 0 Å². The molecule has 0 aliphatic carbocycles. The quantitative estimate of drug-likeness (QED) is 0.830. The lowest BCUT2D eigenvalue weighted by Gasteiger charge is -2.53. The fourth-order valence-electron chi connectivity index (χ4n) is 3.71. The molecule has 0 N–H and O–H groups in total. The number of hydrogen-bond donors (Lipinski definition) is 0. The summed E-state index contributed by atoms with van der Waals surface area (Å²) in [6.45, 7) is 10.2. The Bertz CT molecular complexity index is 527. The van der Waals surface area contributed by atoms with Gasteiger partial charge in [-0.05, 0) is 49.5 Å². The van der Waals surface area contributed by atoms with E-state index in [1.807, 2.05) is 0 Å². The van der Waals surface area contributed by atoms with Crippen LogP contribution in [0.1, 0.15) is 39.2 Å². The third kappa shape index (κ3) is 2.42. The predicted octanol–water partition coefficient (Wildman–Crippen LogP) is 3.28. The molecular weight excluding hydrogens is 260 g/mol. The standard InChI is InChI=1S/C18H28N2O/c1-17(2,3)14-7-8-15(16(11-14)21-5)20-12-18(13-20)9-6-10-19(18)4/h7-8,11H,6,9-10,12-13H2,1-5H3. The molecule has 21 heavy (non-hydrogen) atoms.